The van der Waals surface area contributed by atoms with Gasteiger partial charge in [-0.2, -0.15) is 13.2 Å². The molecular weight excluding hydrogens is 357 g/mol. The van der Waals surface area contributed by atoms with Crippen LogP contribution in [-0.2, 0) is 6.18 Å². The van der Waals surface area contributed by atoms with Gasteiger partial charge in [-0.3, -0.25) is 0 Å². The van der Waals surface area contributed by atoms with Gasteiger partial charge in [0.1, 0.15) is 5.15 Å². The van der Waals surface area contributed by atoms with Gasteiger partial charge in [0.25, 0.3) is 0 Å². The number of nitrogens with zero attached hydrogens (tertiary/aromatic N) is 1. The van der Waals surface area contributed by atoms with E-state index in [1.165, 1.54) is 12.1 Å². The summed E-state index contributed by atoms with van der Waals surface area (Å²) in [7, 11) is 0. The van der Waals surface area contributed by atoms with Crippen molar-refractivity contribution in [1.82, 2.24) is 4.98 Å². The molecule has 0 atom stereocenters. The quantitative estimate of drug-likeness (QED) is 0.424. The van der Waals surface area contributed by atoms with E-state index in [1.807, 2.05) is 0 Å². The molecule has 0 N–H and O–H groups in total. The van der Waals surface area contributed by atoms with E-state index in [1.54, 1.807) is 0 Å². The van der Waals surface area contributed by atoms with E-state index in [9.17, 15) is 13.2 Å². The van der Waals surface area contributed by atoms with Gasteiger partial charge in [-0.15, -0.1) is 0 Å². The van der Waals surface area contributed by atoms with Crippen LogP contribution in [0.2, 0.25) is 20.2 Å². The number of hydrogen-bond donors (Lipinski definition) is 0. The first-order chi connectivity index (χ1) is 9.20. The second-order valence-electron chi connectivity index (χ2n) is 3.81. The second kappa shape index (κ2) is 5.60. The molecule has 20 heavy (non-hydrogen) atoms. The molecule has 1 aromatic carbocycles. The van der Waals surface area contributed by atoms with E-state index in [4.69, 9.17) is 46.4 Å². The van der Waals surface area contributed by atoms with Crippen LogP contribution in [0.5, 0.6) is 0 Å². The Balaban J connectivity index is 2.66. The molecule has 1 heterocycles. The molecule has 0 amide bonds. The fourth-order valence-electron chi connectivity index (χ4n) is 1.52. The molecule has 0 radical (unpaired) electrons. The van der Waals surface area contributed by atoms with Gasteiger partial charge in [0, 0.05) is 17.3 Å². The van der Waals surface area contributed by atoms with Gasteiger partial charge in [-0.1, -0.05) is 46.4 Å². The summed E-state index contributed by atoms with van der Waals surface area (Å²) in [6.45, 7) is 0. The van der Waals surface area contributed by atoms with E-state index < -0.39 is 11.7 Å². The normalized spacial score (nSPS) is 11.8. The fraction of sp³-hybridized carbons (Fsp3) is 0.0833. The van der Waals surface area contributed by atoms with Crippen molar-refractivity contribution >= 4 is 46.4 Å². The lowest BCUT2D eigenvalue weighted by atomic mass is 10.1. The van der Waals surface area contributed by atoms with E-state index in [2.05, 4.69) is 4.98 Å². The highest BCUT2D eigenvalue weighted by Gasteiger charge is 2.32. The number of halogens is 7. The molecule has 1 nitrogen and oxygen atoms in total. The van der Waals surface area contributed by atoms with E-state index >= 15 is 0 Å². The average molecular weight is 361 g/mol. The Morgan fingerprint density at radius 1 is 0.800 bits per heavy atom. The van der Waals surface area contributed by atoms with Gasteiger partial charge in [-0.05, 0) is 18.2 Å². The van der Waals surface area contributed by atoms with Crippen LogP contribution >= 0.6 is 46.4 Å². The van der Waals surface area contributed by atoms with Gasteiger partial charge >= 0.3 is 6.18 Å². The monoisotopic (exact) mass is 359 g/mol. The first kappa shape index (κ1) is 15.7. The SMILES string of the molecule is FC(F)(F)c1cnc(Cl)c(-c2cc(Cl)c(Cl)cc2Cl)c1. The number of alkyl halides is 3. The summed E-state index contributed by atoms with van der Waals surface area (Å²) in [6, 6.07) is 3.54. The van der Waals surface area contributed by atoms with Gasteiger partial charge < -0.3 is 0 Å². The van der Waals surface area contributed by atoms with E-state index in [-0.39, 0.29) is 31.3 Å². The van der Waals surface area contributed by atoms with Crippen LogP contribution in [0.15, 0.2) is 24.4 Å². The highest BCUT2D eigenvalue weighted by molar-refractivity contribution is 6.44. The first-order valence-corrected chi connectivity index (χ1v) is 6.59. The van der Waals surface area contributed by atoms with Crippen molar-refractivity contribution in [2.45, 2.75) is 6.18 Å². The number of benzene rings is 1. The number of rotatable bonds is 1. The average Bonchev–Trinajstić information content (AvgIpc) is 2.33. The zero-order valence-electron chi connectivity index (χ0n) is 9.40. The molecule has 2 rings (SSSR count). The smallest absolute Gasteiger partial charge is 0.243 e. The largest absolute Gasteiger partial charge is 0.417 e. The Morgan fingerprint density at radius 3 is 2.00 bits per heavy atom. The molecule has 0 saturated heterocycles. The second-order valence-corrected chi connectivity index (χ2v) is 5.39. The van der Waals surface area contributed by atoms with Crippen molar-refractivity contribution in [2.75, 3.05) is 0 Å². The number of aromatic nitrogens is 1. The Bertz CT molecular complexity index is 670. The van der Waals surface area contributed by atoms with Crippen molar-refractivity contribution in [1.29, 1.82) is 0 Å². The minimum atomic E-state index is -4.53. The maximum absolute atomic E-state index is 12.7. The van der Waals surface area contributed by atoms with Crippen LogP contribution in [0.25, 0.3) is 11.1 Å². The van der Waals surface area contributed by atoms with Crippen molar-refractivity contribution < 1.29 is 13.2 Å². The van der Waals surface area contributed by atoms with Crippen LogP contribution < -0.4 is 0 Å². The third-order valence-electron chi connectivity index (χ3n) is 2.47. The van der Waals surface area contributed by atoms with Crippen LogP contribution in [-0.4, -0.2) is 4.98 Å². The van der Waals surface area contributed by atoms with Crippen LogP contribution in [0.3, 0.4) is 0 Å². The lowest BCUT2D eigenvalue weighted by molar-refractivity contribution is -0.137. The summed E-state index contributed by atoms with van der Waals surface area (Å²) in [5.74, 6) is 0. The summed E-state index contributed by atoms with van der Waals surface area (Å²) in [4.78, 5) is 3.53. The van der Waals surface area contributed by atoms with Gasteiger partial charge in [0.2, 0.25) is 0 Å². The topological polar surface area (TPSA) is 12.9 Å². The van der Waals surface area contributed by atoms with Gasteiger partial charge in [0.15, 0.2) is 0 Å². The highest BCUT2D eigenvalue weighted by Crippen LogP contribution is 2.40. The Labute approximate surface area is 132 Å². The third-order valence-corrected chi connectivity index (χ3v) is 3.80. The Kier molecular flexibility index (Phi) is 4.40. The molecule has 8 heteroatoms. The number of hydrogen-bond acceptors (Lipinski definition) is 1. The zero-order valence-corrected chi connectivity index (χ0v) is 12.4. The van der Waals surface area contributed by atoms with E-state index in [0.29, 0.717) is 6.20 Å². The van der Waals surface area contributed by atoms with Gasteiger partial charge in [-0.25, -0.2) is 4.98 Å². The molecule has 2 aromatic rings. The molecular formula is C12H4Cl4F3N. The molecule has 0 unspecified atom stereocenters. The summed E-state index contributed by atoms with van der Waals surface area (Å²) in [5.41, 5.74) is -0.672. The Morgan fingerprint density at radius 2 is 1.40 bits per heavy atom. The minimum Gasteiger partial charge on any atom is -0.243 e. The van der Waals surface area contributed by atoms with Crippen LogP contribution in [0.1, 0.15) is 5.56 Å². The van der Waals surface area contributed by atoms with Crippen molar-refractivity contribution in [3.8, 4) is 11.1 Å². The summed E-state index contributed by atoms with van der Waals surface area (Å²) >= 11 is 23.4. The van der Waals surface area contributed by atoms with Crippen molar-refractivity contribution in [3.63, 3.8) is 0 Å². The highest BCUT2D eigenvalue weighted by atomic mass is 35.5. The number of pyridine rings is 1. The molecule has 0 fully saturated rings. The lowest BCUT2D eigenvalue weighted by Crippen LogP contribution is -2.06. The molecule has 1 aromatic heterocycles. The Hall–Kier alpha value is -0.680. The molecule has 106 valence electrons. The summed E-state index contributed by atoms with van der Waals surface area (Å²) < 4.78 is 38.1. The molecule has 0 aliphatic carbocycles. The third kappa shape index (κ3) is 3.14. The minimum absolute atomic E-state index is 0.0325. The van der Waals surface area contributed by atoms with Gasteiger partial charge in [0.05, 0.1) is 20.6 Å². The summed E-state index contributed by atoms with van der Waals surface area (Å²) in [6.07, 6.45) is -3.88. The van der Waals surface area contributed by atoms with Crippen LogP contribution in [0, 0.1) is 0 Å². The molecule has 0 saturated carbocycles. The maximum Gasteiger partial charge on any atom is 0.417 e. The van der Waals surface area contributed by atoms with Crippen molar-refractivity contribution in [2.24, 2.45) is 0 Å². The lowest BCUT2D eigenvalue weighted by Gasteiger charge is -2.11. The molecule has 0 aliphatic heterocycles. The first-order valence-electron chi connectivity index (χ1n) is 5.08. The van der Waals surface area contributed by atoms with Crippen molar-refractivity contribution in [3.05, 3.63) is 50.2 Å². The predicted molar refractivity (Wildman–Crippen MR) is 74.7 cm³/mol. The maximum atomic E-state index is 12.7. The standard InChI is InChI=1S/C12H4Cl4F3N/c13-8-3-10(15)9(14)2-6(8)7-1-5(12(17,18)19)4-20-11(7)16/h1-4H. The predicted octanol–water partition coefficient (Wildman–Crippen LogP) is 6.38. The fourth-order valence-corrected chi connectivity index (χ4v) is 2.37. The molecule has 0 aliphatic rings. The molecule has 0 spiro atoms. The molecule has 0 bridgehead atoms. The van der Waals surface area contributed by atoms with Crippen LogP contribution in [0.4, 0.5) is 13.2 Å². The zero-order chi connectivity index (χ0) is 15.1. The summed E-state index contributed by atoms with van der Waals surface area (Å²) in [5, 5.41) is 0.358. The van der Waals surface area contributed by atoms with E-state index in [0.717, 1.165) is 6.07 Å².